The van der Waals surface area contributed by atoms with Gasteiger partial charge in [-0.05, 0) is 66.3 Å². The van der Waals surface area contributed by atoms with Crippen molar-refractivity contribution in [1.29, 1.82) is 0 Å². The first-order valence-corrected chi connectivity index (χ1v) is 11.4. The van der Waals surface area contributed by atoms with Gasteiger partial charge >= 0.3 is 0 Å². The summed E-state index contributed by atoms with van der Waals surface area (Å²) in [7, 11) is 0. The summed E-state index contributed by atoms with van der Waals surface area (Å²) >= 11 is 0. The van der Waals surface area contributed by atoms with Crippen LogP contribution in [0.3, 0.4) is 0 Å². The molecule has 0 fully saturated rings. The molecule has 1 amide bonds. The third kappa shape index (κ3) is 6.66. The Morgan fingerprint density at radius 1 is 0.735 bits per heavy atom. The third-order valence-corrected chi connectivity index (χ3v) is 5.55. The number of rotatable bonds is 9. The van der Waals surface area contributed by atoms with Crippen molar-refractivity contribution in [3.8, 4) is 16.9 Å². The lowest BCUT2D eigenvalue weighted by atomic mass is 10.0. The first-order chi connectivity index (χ1) is 16.7. The largest absolute Gasteiger partial charge is 0.489 e. The molecule has 4 aromatic rings. The number of amides is 1. The summed E-state index contributed by atoms with van der Waals surface area (Å²) in [4.78, 5) is 12.4. The van der Waals surface area contributed by atoms with Crippen LogP contribution in [0.1, 0.15) is 34.8 Å². The normalized spacial score (nSPS) is 11.1. The summed E-state index contributed by atoms with van der Waals surface area (Å²) < 4.78 is 5.77. The summed E-state index contributed by atoms with van der Waals surface area (Å²) in [5, 5.41) is 4.26. The molecule has 0 aromatic heterocycles. The number of hydrogen-bond acceptors (Lipinski definition) is 3. The van der Waals surface area contributed by atoms with Crippen molar-refractivity contribution in [1.82, 2.24) is 5.43 Å². The fraction of sp³-hybridized carbons (Fsp3) is 0.133. The molecule has 4 heteroatoms. The summed E-state index contributed by atoms with van der Waals surface area (Å²) in [5.41, 5.74) is 8.83. The first kappa shape index (κ1) is 23.0. The van der Waals surface area contributed by atoms with Crippen LogP contribution >= 0.6 is 0 Å². The van der Waals surface area contributed by atoms with Crippen molar-refractivity contribution in [2.24, 2.45) is 5.10 Å². The molecule has 4 aromatic carbocycles. The summed E-state index contributed by atoms with van der Waals surface area (Å²) in [6.07, 6.45) is 1.64. The minimum absolute atomic E-state index is 0.235. The molecule has 4 nitrogen and oxygen atoms in total. The molecule has 0 aliphatic carbocycles. The summed E-state index contributed by atoms with van der Waals surface area (Å²) in [6, 6.07) is 36.0. The van der Waals surface area contributed by atoms with Gasteiger partial charge in [0.15, 0.2) is 0 Å². The van der Waals surface area contributed by atoms with Crippen molar-refractivity contribution >= 4 is 11.6 Å². The van der Waals surface area contributed by atoms with E-state index in [0.717, 1.165) is 29.9 Å². The molecule has 0 radical (unpaired) electrons. The number of aryl methyl sites for hydroxylation is 1. The lowest BCUT2D eigenvalue weighted by Gasteiger charge is -2.07. The molecule has 34 heavy (non-hydrogen) atoms. The first-order valence-electron chi connectivity index (χ1n) is 11.4. The van der Waals surface area contributed by atoms with E-state index in [0.29, 0.717) is 12.2 Å². The Labute approximate surface area is 200 Å². The third-order valence-electron chi connectivity index (χ3n) is 5.55. The number of hydrogen-bond donors (Lipinski definition) is 1. The van der Waals surface area contributed by atoms with Gasteiger partial charge in [0.2, 0.25) is 0 Å². The highest BCUT2D eigenvalue weighted by Crippen LogP contribution is 2.20. The van der Waals surface area contributed by atoms with Crippen molar-refractivity contribution in [2.75, 3.05) is 0 Å². The fourth-order valence-electron chi connectivity index (χ4n) is 3.53. The number of carbonyl (C=O) groups excluding carboxylic acids is 1. The number of nitrogens with one attached hydrogen (secondary N) is 1. The maximum atomic E-state index is 12.4. The minimum atomic E-state index is -0.235. The van der Waals surface area contributed by atoms with Crippen LogP contribution in [0.2, 0.25) is 0 Å². The van der Waals surface area contributed by atoms with E-state index in [1.54, 1.807) is 24.3 Å². The molecule has 0 bridgehead atoms. The maximum absolute atomic E-state index is 12.4. The van der Waals surface area contributed by atoms with Gasteiger partial charge in [-0.3, -0.25) is 4.79 Å². The molecule has 0 spiro atoms. The van der Waals surface area contributed by atoms with E-state index in [1.807, 2.05) is 55.5 Å². The predicted octanol–water partition coefficient (Wildman–Crippen LogP) is 6.67. The number of carbonyl (C=O) groups is 1. The maximum Gasteiger partial charge on any atom is 0.271 e. The zero-order chi connectivity index (χ0) is 23.6. The lowest BCUT2D eigenvalue weighted by molar-refractivity contribution is 0.0954. The summed E-state index contributed by atoms with van der Waals surface area (Å²) in [5.74, 6) is 0.486. The van der Waals surface area contributed by atoms with E-state index in [1.165, 1.54) is 16.7 Å². The highest BCUT2D eigenvalue weighted by Gasteiger charge is 2.06. The monoisotopic (exact) mass is 448 g/mol. The number of nitrogens with zero attached hydrogens (tertiary/aromatic N) is 1. The molecule has 0 saturated carbocycles. The van der Waals surface area contributed by atoms with E-state index < -0.39 is 0 Å². The standard InChI is InChI=1S/C30H28N2O2/c1-23(12-13-24-14-16-27(17-15-24)26-10-6-3-7-11-26)31-32-30(33)28-18-20-29(21-19-28)34-22-25-8-4-2-5-9-25/h2-11,14-21H,12-13,22H2,1H3,(H,32,33). The van der Waals surface area contributed by atoms with E-state index >= 15 is 0 Å². The van der Waals surface area contributed by atoms with Crippen LogP contribution in [0, 0.1) is 0 Å². The number of hydrazone groups is 1. The van der Waals surface area contributed by atoms with Gasteiger partial charge in [-0.2, -0.15) is 5.10 Å². The van der Waals surface area contributed by atoms with Gasteiger partial charge in [0.1, 0.15) is 12.4 Å². The van der Waals surface area contributed by atoms with Gasteiger partial charge < -0.3 is 4.74 Å². The molecule has 0 aliphatic heterocycles. The van der Waals surface area contributed by atoms with E-state index in [4.69, 9.17) is 4.74 Å². The van der Waals surface area contributed by atoms with Crippen LogP contribution in [-0.4, -0.2) is 11.6 Å². The quantitative estimate of drug-likeness (QED) is 0.230. The number of benzene rings is 4. The van der Waals surface area contributed by atoms with Gasteiger partial charge in [0.05, 0.1) is 0 Å². The topological polar surface area (TPSA) is 50.7 Å². The van der Waals surface area contributed by atoms with Crippen LogP contribution in [0.4, 0.5) is 0 Å². The van der Waals surface area contributed by atoms with Gasteiger partial charge in [0.25, 0.3) is 5.91 Å². The van der Waals surface area contributed by atoms with E-state index in [-0.39, 0.29) is 5.91 Å². The second kappa shape index (κ2) is 11.6. The molecule has 0 heterocycles. The smallest absolute Gasteiger partial charge is 0.271 e. The zero-order valence-corrected chi connectivity index (χ0v) is 19.3. The molecule has 0 aliphatic rings. The highest BCUT2D eigenvalue weighted by atomic mass is 16.5. The van der Waals surface area contributed by atoms with Crippen molar-refractivity contribution in [2.45, 2.75) is 26.4 Å². The van der Waals surface area contributed by atoms with Gasteiger partial charge in [0, 0.05) is 11.3 Å². The van der Waals surface area contributed by atoms with E-state index in [9.17, 15) is 4.79 Å². The molecule has 0 unspecified atom stereocenters. The van der Waals surface area contributed by atoms with Gasteiger partial charge in [-0.25, -0.2) is 5.43 Å². The number of ether oxygens (including phenoxy) is 1. The molecular weight excluding hydrogens is 420 g/mol. The molecule has 0 saturated heterocycles. The fourth-order valence-corrected chi connectivity index (χ4v) is 3.53. The van der Waals surface area contributed by atoms with Crippen LogP contribution in [0.15, 0.2) is 114 Å². The second-order valence-corrected chi connectivity index (χ2v) is 8.15. The Balaban J connectivity index is 1.24. The SMILES string of the molecule is CC(CCc1ccc(-c2ccccc2)cc1)=NNC(=O)c1ccc(OCc2ccccc2)cc1. The van der Waals surface area contributed by atoms with E-state index in [2.05, 4.69) is 46.9 Å². The zero-order valence-electron chi connectivity index (χ0n) is 19.3. The lowest BCUT2D eigenvalue weighted by Crippen LogP contribution is -2.19. The Bertz CT molecular complexity index is 1220. The summed E-state index contributed by atoms with van der Waals surface area (Å²) in [6.45, 7) is 2.42. The van der Waals surface area contributed by atoms with Crippen LogP contribution in [-0.2, 0) is 13.0 Å². The van der Waals surface area contributed by atoms with Gasteiger partial charge in [-0.15, -0.1) is 0 Å². The Hall–Kier alpha value is -4.18. The Morgan fingerprint density at radius 3 is 2.03 bits per heavy atom. The van der Waals surface area contributed by atoms with Crippen molar-refractivity contribution < 1.29 is 9.53 Å². The molecule has 0 atom stereocenters. The Kier molecular flexibility index (Phi) is 7.86. The molecular formula is C30H28N2O2. The molecule has 4 rings (SSSR count). The van der Waals surface area contributed by atoms with Gasteiger partial charge in [-0.1, -0.05) is 84.9 Å². The minimum Gasteiger partial charge on any atom is -0.489 e. The average molecular weight is 449 g/mol. The molecule has 1 N–H and O–H groups in total. The highest BCUT2D eigenvalue weighted by molar-refractivity contribution is 5.95. The molecule has 170 valence electrons. The second-order valence-electron chi connectivity index (χ2n) is 8.15. The average Bonchev–Trinajstić information content (AvgIpc) is 2.91. The van der Waals surface area contributed by atoms with Crippen molar-refractivity contribution in [3.63, 3.8) is 0 Å². The van der Waals surface area contributed by atoms with Crippen LogP contribution in [0.5, 0.6) is 5.75 Å². The van der Waals surface area contributed by atoms with Crippen LogP contribution in [0.25, 0.3) is 11.1 Å². The van der Waals surface area contributed by atoms with Crippen LogP contribution < -0.4 is 10.2 Å². The predicted molar refractivity (Wildman–Crippen MR) is 138 cm³/mol. The Morgan fingerprint density at radius 2 is 1.35 bits per heavy atom. The van der Waals surface area contributed by atoms with Crippen molar-refractivity contribution in [3.05, 3.63) is 126 Å².